The SMILES string of the molecule is O=C(Nc1cccc(SC(C(=O)Nc2nc(-c3ccccc3Cl)cs2)c2ccccc2)c1)c1ccc([N+](=O)[O-])cc1. The first-order valence-electron chi connectivity index (χ1n) is 12.3. The Morgan fingerprint density at radius 3 is 2.37 bits per heavy atom. The van der Waals surface area contributed by atoms with E-state index in [1.807, 2.05) is 60.0 Å². The van der Waals surface area contributed by atoms with E-state index in [9.17, 15) is 19.7 Å². The number of carbonyl (C=O) groups excluding carboxylic acids is 2. The van der Waals surface area contributed by atoms with E-state index >= 15 is 0 Å². The van der Waals surface area contributed by atoms with Gasteiger partial charge in [0.05, 0.1) is 10.6 Å². The molecule has 0 saturated carbocycles. The topological polar surface area (TPSA) is 114 Å². The smallest absolute Gasteiger partial charge is 0.269 e. The molecule has 1 heterocycles. The molecule has 4 aromatic carbocycles. The van der Waals surface area contributed by atoms with Gasteiger partial charge in [0.2, 0.25) is 5.91 Å². The van der Waals surface area contributed by atoms with Gasteiger partial charge in [-0.3, -0.25) is 19.7 Å². The number of halogens is 1. The fourth-order valence-corrected chi connectivity index (χ4v) is 5.95. The number of nitrogens with zero attached hydrogens (tertiary/aromatic N) is 2. The van der Waals surface area contributed by atoms with Crippen LogP contribution in [0.1, 0.15) is 21.2 Å². The van der Waals surface area contributed by atoms with E-state index in [4.69, 9.17) is 11.6 Å². The number of rotatable bonds is 9. The number of hydrogen-bond donors (Lipinski definition) is 2. The van der Waals surface area contributed by atoms with Crippen LogP contribution in [-0.2, 0) is 4.79 Å². The van der Waals surface area contributed by atoms with E-state index < -0.39 is 16.1 Å². The molecule has 0 aliphatic heterocycles. The fraction of sp³-hybridized carbons (Fsp3) is 0.0333. The zero-order valence-electron chi connectivity index (χ0n) is 21.2. The van der Waals surface area contributed by atoms with E-state index in [2.05, 4.69) is 15.6 Å². The molecule has 11 heteroatoms. The first-order chi connectivity index (χ1) is 19.9. The van der Waals surface area contributed by atoms with E-state index in [0.717, 1.165) is 16.0 Å². The minimum atomic E-state index is -0.607. The largest absolute Gasteiger partial charge is 0.322 e. The van der Waals surface area contributed by atoms with E-state index in [1.54, 1.807) is 24.3 Å². The van der Waals surface area contributed by atoms with Gasteiger partial charge < -0.3 is 10.6 Å². The third-order valence-electron chi connectivity index (χ3n) is 5.91. The van der Waals surface area contributed by atoms with Crippen molar-refractivity contribution in [3.05, 3.63) is 135 Å². The molecule has 0 radical (unpaired) electrons. The van der Waals surface area contributed by atoms with Gasteiger partial charge in [0.15, 0.2) is 5.13 Å². The van der Waals surface area contributed by atoms with Crippen molar-refractivity contribution in [3.8, 4) is 11.3 Å². The van der Waals surface area contributed by atoms with Crippen LogP contribution in [0.25, 0.3) is 11.3 Å². The summed E-state index contributed by atoms with van der Waals surface area (Å²) < 4.78 is 0. The Hall–Kier alpha value is -4.51. The highest BCUT2D eigenvalue weighted by Crippen LogP contribution is 2.38. The van der Waals surface area contributed by atoms with Crippen molar-refractivity contribution >= 4 is 63.0 Å². The number of anilines is 2. The third-order valence-corrected chi connectivity index (χ3v) is 8.25. The molecule has 5 rings (SSSR count). The maximum atomic E-state index is 13.5. The van der Waals surface area contributed by atoms with E-state index in [0.29, 0.717) is 21.5 Å². The molecule has 8 nitrogen and oxygen atoms in total. The highest BCUT2D eigenvalue weighted by atomic mass is 35.5. The summed E-state index contributed by atoms with van der Waals surface area (Å²) in [6.07, 6.45) is 0. The predicted octanol–water partition coefficient (Wildman–Crippen LogP) is 8.10. The second-order valence-electron chi connectivity index (χ2n) is 8.70. The molecule has 0 fully saturated rings. The first kappa shape index (κ1) is 28.0. The Labute approximate surface area is 248 Å². The van der Waals surface area contributed by atoms with Gasteiger partial charge in [0.25, 0.3) is 11.6 Å². The molecule has 0 bridgehead atoms. The summed E-state index contributed by atoms with van der Waals surface area (Å²) in [5, 5.41) is 18.9. The summed E-state index contributed by atoms with van der Waals surface area (Å²) in [7, 11) is 0. The summed E-state index contributed by atoms with van der Waals surface area (Å²) in [6, 6.07) is 29.3. The molecular formula is C30H21ClN4O4S2. The lowest BCUT2D eigenvalue weighted by Gasteiger charge is -2.17. The number of carbonyl (C=O) groups is 2. The number of nitro benzene ring substituents is 1. The van der Waals surface area contributed by atoms with Crippen molar-refractivity contribution in [3.63, 3.8) is 0 Å². The van der Waals surface area contributed by atoms with Crippen molar-refractivity contribution in [1.29, 1.82) is 0 Å². The van der Waals surface area contributed by atoms with Crippen LogP contribution < -0.4 is 10.6 Å². The van der Waals surface area contributed by atoms with Gasteiger partial charge in [-0.25, -0.2) is 4.98 Å². The second kappa shape index (κ2) is 12.8. The highest BCUT2D eigenvalue weighted by molar-refractivity contribution is 8.00. The summed E-state index contributed by atoms with van der Waals surface area (Å²) in [4.78, 5) is 42.0. The first-order valence-corrected chi connectivity index (χ1v) is 14.4. The molecule has 1 unspecified atom stereocenters. The second-order valence-corrected chi connectivity index (χ2v) is 11.1. The number of nitrogens with one attached hydrogen (secondary N) is 2. The number of aromatic nitrogens is 1. The van der Waals surface area contributed by atoms with Crippen LogP contribution >= 0.6 is 34.7 Å². The maximum absolute atomic E-state index is 13.5. The molecular weight excluding hydrogens is 580 g/mol. The molecule has 0 spiro atoms. The molecule has 0 aliphatic carbocycles. The van der Waals surface area contributed by atoms with Crippen LogP contribution in [0.2, 0.25) is 5.02 Å². The Balaban J connectivity index is 1.33. The van der Waals surface area contributed by atoms with Gasteiger partial charge in [-0.05, 0) is 42.0 Å². The van der Waals surface area contributed by atoms with Crippen molar-refractivity contribution in [2.75, 3.05) is 10.6 Å². The Morgan fingerprint density at radius 2 is 1.63 bits per heavy atom. The van der Waals surface area contributed by atoms with Crippen LogP contribution in [0, 0.1) is 10.1 Å². The number of amides is 2. The standard InChI is InChI=1S/C30H21ClN4O4S2/c31-25-12-5-4-11-24(25)26-18-40-30(33-26)34-29(37)27(19-7-2-1-3-8-19)41-23-10-6-9-21(17-23)32-28(36)20-13-15-22(16-14-20)35(38)39/h1-18,27H,(H,32,36)(H,33,34,37). The Bertz CT molecular complexity index is 1710. The van der Waals surface area contributed by atoms with E-state index in [-0.39, 0.29) is 17.2 Å². The Kier molecular flexibility index (Phi) is 8.73. The average molecular weight is 601 g/mol. The molecule has 2 N–H and O–H groups in total. The monoisotopic (exact) mass is 600 g/mol. The molecule has 0 aliphatic rings. The molecule has 0 saturated heterocycles. The number of thiazole rings is 1. The summed E-state index contributed by atoms with van der Waals surface area (Å²) in [5.74, 6) is -0.654. The molecule has 5 aromatic rings. The number of nitro groups is 1. The number of thioether (sulfide) groups is 1. The lowest BCUT2D eigenvalue weighted by atomic mass is 10.1. The zero-order valence-corrected chi connectivity index (χ0v) is 23.6. The van der Waals surface area contributed by atoms with Crippen LogP contribution in [0.5, 0.6) is 0 Å². The number of hydrogen-bond acceptors (Lipinski definition) is 7. The molecule has 204 valence electrons. The molecule has 1 aromatic heterocycles. The average Bonchev–Trinajstić information content (AvgIpc) is 3.45. The minimum absolute atomic E-state index is 0.0944. The highest BCUT2D eigenvalue weighted by Gasteiger charge is 2.24. The van der Waals surface area contributed by atoms with Gasteiger partial charge in [0.1, 0.15) is 5.25 Å². The zero-order chi connectivity index (χ0) is 28.8. The van der Waals surface area contributed by atoms with Gasteiger partial charge >= 0.3 is 0 Å². The van der Waals surface area contributed by atoms with Crippen molar-refractivity contribution in [2.24, 2.45) is 0 Å². The quantitative estimate of drug-likeness (QED) is 0.100. The normalized spacial score (nSPS) is 11.4. The summed E-state index contributed by atoms with van der Waals surface area (Å²) >= 11 is 8.96. The summed E-state index contributed by atoms with van der Waals surface area (Å²) in [6.45, 7) is 0. The molecule has 2 amide bonds. The van der Waals surface area contributed by atoms with Gasteiger partial charge in [-0.15, -0.1) is 23.1 Å². The maximum Gasteiger partial charge on any atom is 0.269 e. The van der Waals surface area contributed by atoms with Crippen molar-refractivity contribution < 1.29 is 14.5 Å². The van der Waals surface area contributed by atoms with Crippen molar-refractivity contribution in [2.45, 2.75) is 10.1 Å². The minimum Gasteiger partial charge on any atom is -0.322 e. The lowest BCUT2D eigenvalue weighted by molar-refractivity contribution is -0.384. The predicted molar refractivity (Wildman–Crippen MR) is 164 cm³/mol. The molecule has 41 heavy (non-hydrogen) atoms. The summed E-state index contributed by atoms with van der Waals surface area (Å²) in [5.41, 5.74) is 2.98. The van der Waals surface area contributed by atoms with Gasteiger partial charge in [0, 0.05) is 44.2 Å². The van der Waals surface area contributed by atoms with Gasteiger partial charge in [-0.1, -0.05) is 66.2 Å². The number of non-ortho nitro benzene ring substituents is 1. The fourth-order valence-electron chi connectivity index (χ4n) is 3.92. The Morgan fingerprint density at radius 1 is 0.902 bits per heavy atom. The van der Waals surface area contributed by atoms with E-state index in [1.165, 1.54) is 47.4 Å². The van der Waals surface area contributed by atoms with Crippen LogP contribution in [0.3, 0.4) is 0 Å². The van der Waals surface area contributed by atoms with Crippen molar-refractivity contribution in [1.82, 2.24) is 4.98 Å². The van der Waals surface area contributed by atoms with Crippen LogP contribution in [0.15, 0.2) is 113 Å². The van der Waals surface area contributed by atoms with Crippen LogP contribution in [0.4, 0.5) is 16.5 Å². The lowest BCUT2D eigenvalue weighted by Crippen LogP contribution is -2.19. The number of benzene rings is 4. The third kappa shape index (κ3) is 6.98. The van der Waals surface area contributed by atoms with Crippen LogP contribution in [-0.4, -0.2) is 21.7 Å². The molecule has 1 atom stereocenters. The van der Waals surface area contributed by atoms with Gasteiger partial charge in [-0.2, -0.15) is 0 Å².